The maximum Gasteiger partial charge on any atom is 0.243 e. The Morgan fingerprint density at radius 1 is 0.724 bits per heavy atom. The van der Waals surface area contributed by atoms with E-state index < -0.39 is 0 Å². The summed E-state index contributed by atoms with van der Waals surface area (Å²) in [5.74, 6) is 0. The zero-order valence-corrected chi connectivity index (χ0v) is 17.0. The molecule has 3 heteroatoms. The molecule has 0 radical (unpaired) electrons. The van der Waals surface area contributed by atoms with E-state index in [0.29, 0.717) is 6.17 Å². The standard InChI is InChI=1S/C26H27N3/c1-20-25(23-14-8-9-15-24(23)27-20)26-28(18-21-10-4-2-5-11-21)16-17-29(26)19-22-12-6-3-7-13-22/h2-15,26-27H,16-19H2,1H3/p+2. The van der Waals surface area contributed by atoms with E-state index in [9.17, 15) is 0 Å². The fourth-order valence-electron chi connectivity index (χ4n) is 5.07. The molecule has 0 saturated carbocycles. The highest BCUT2D eigenvalue weighted by Crippen LogP contribution is 2.25. The highest BCUT2D eigenvalue weighted by Gasteiger charge is 2.43. The molecule has 0 amide bonds. The highest BCUT2D eigenvalue weighted by atomic mass is 15.4. The fraction of sp³-hybridized carbons (Fsp3) is 0.231. The first-order chi connectivity index (χ1) is 14.3. The Bertz CT molecular complexity index is 1040. The van der Waals surface area contributed by atoms with Crippen LogP contribution >= 0.6 is 0 Å². The average molecular weight is 384 g/mol. The van der Waals surface area contributed by atoms with Gasteiger partial charge in [-0.15, -0.1) is 0 Å². The van der Waals surface area contributed by atoms with Crippen molar-refractivity contribution in [2.45, 2.75) is 26.2 Å². The normalized spacial score (nSPS) is 21.6. The lowest BCUT2D eigenvalue weighted by molar-refractivity contribution is -1.09. The van der Waals surface area contributed by atoms with E-state index in [-0.39, 0.29) is 0 Å². The molecule has 3 aromatic carbocycles. The lowest BCUT2D eigenvalue weighted by Crippen LogP contribution is -3.22. The van der Waals surface area contributed by atoms with Gasteiger partial charge in [0.2, 0.25) is 6.17 Å². The lowest BCUT2D eigenvalue weighted by Gasteiger charge is -2.25. The number of rotatable bonds is 5. The molecule has 1 aliphatic heterocycles. The van der Waals surface area contributed by atoms with E-state index in [0.717, 1.165) is 13.1 Å². The number of para-hydroxylation sites is 1. The summed E-state index contributed by atoms with van der Waals surface area (Å²) in [5, 5.41) is 1.38. The molecule has 3 nitrogen and oxygen atoms in total. The zero-order chi connectivity index (χ0) is 19.6. The summed E-state index contributed by atoms with van der Waals surface area (Å²) in [5.41, 5.74) is 6.91. The van der Waals surface area contributed by atoms with Gasteiger partial charge in [0.15, 0.2) is 0 Å². The largest absolute Gasteiger partial charge is 0.358 e. The molecular weight excluding hydrogens is 354 g/mol. The molecule has 2 heterocycles. The maximum atomic E-state index is 3.65. The van der Waals surface area contributed by atoms with Crippen molar-refractivity contribution in [3.63, 3.8) is 0 Å². The molecule has 1 aliphatic rings. The topological polar surface area (TPSA) is 24.7 Å². The van der Waals surface area contributed by atoms with Gasteiger partial charge in [-0.3, -0.25) is 9.80 Å². The van der Waals surface area contributed by atoms with Crippen molar-refractivity contribution >= 4 is 10.9 Å². The van der Waals surface area contributed by atoms with E-state index in [1.165, 1.54) is 46.4 Å². The van der Waals surface area contributed by atoms with Crippen LogP contribution < -0.4 is 9.80 Å². The quantitative estimate of drug-likeness (QED) is 0.472. The summed E-state index contributed by atoms with van der Waals surface area (Å²) in [6, 6.07) is 30.7. The zero-order valence-electron chi connectivity index (χ0n) is 17.0. The molecule has 1 saturated heterocycles. The van der Waals surface area contributed by atoms with E-state index >= 15 is 0 Å². The molecule has 1 fully saturated rings. The molecule has 0 aliphatic carbocycles. The Morgan fingerprint density at radius 3 is 1.83 bits per heavy atom. The van der Waals surface area contributed by atoms with Crippen molar-refractivity contribution < 1.29 is 9.80 Å². The van der Waals surface area contributed by atoms with Crippen molar-refractivity contribution in [2.24, 2.45) is 0 Å². The lowest BCUT2D eigenvalue weighted by atomic mass is 10.1. The smallest absolute Gasteiger partial charge is 0.243 e. The second-order valence-corrected chi connectivity index (χ2v) is 8.28. The summed E-state index contributed by atoms with van der Waals surface area (Å²) in [7, 11) is 0. The first-order valence-electron chi connectivity index (χ1n) is 10.6. The molecule has 1 aromatic heterocycles. The van der Waals surface area contributed by atoms with Crippen LogP contribution in [0.5, 0.6) is 0 Å². The van der Waals surface area contributed by atoms with E-state index in [2.05, 4.69) is 96.8 Å². The summed E-state index contributed by atoms with van der Waals surface area (Å²) in [6.07, 6.45) is 0.437. The van der Waals surface area contributed by atoms with Crippen LogP contribution in [0, 0.1) is 6.92 Å². The Labute approximate surface area is 172 Å². The van der Waals surface area contributed by atoms with Gasteiger partial charge < -0.3 is 4.98 Å². The Balaban J connectivity index is 1.54. The van der Waals surface area contributed by atoms with Crippen molar-refractivity contribution in [2.75, 3.05) is 13.1 Å². The molecule has 0 spiro atoms. The predicted octanol–water partition coefficient (Wildman–Crippen LogP) is 2.66. The van der Waals surface area contributed by atoms with Crippen molar-refractivity contribution in [1.82, 2.24) is 4.98 Å². The monoisotopic (exact) mass is 383 g/mol. The van der Waals surface area contributed by atoms with Crippen LogP contribution in [0.15, 0.2) is 84.9 Å². The Kier molecular flexibility index (Phi) is 4.92. The maximum absolute atomic E-state index is 3.65. The predicted molar refractivity (Wildman–Crippen MR) is 118 cm³/mol. The summed E-state index contributed by atoms with van der Waals surface area (Å²) in [4.78, 5) is 6.97. The van der Waals surface area contributed by atoms with E-state index in [1.807, 2.05) is 0 Å². The number of aryl methyl sites for hydroxylation is 1. The number of fused-ring (bicyclic) bond motifs is 1. The van der Waals surface area contributed by atoms with Crippen molar-refractivity contribution in [3.8, 4) is 0 Å². The van der Waals surface area contributed by atoms with Gasteiger partial charge in [-0.1, -0.05) is 78.9 Å². The van der Waals surface area contributed by atoms with Crippen LogP contribution in [0.2, 0.25) is 0 Å². The van der Waals surface area contributed by atoms with Crippen LogP contribution in [0.4, 0.5) is 0 Å². The number of nitrogens with one attached hydrogen (secondary N) is 3. The second kappa shape index (κ2) is 7.86. The summed E-state index contributed by atoms with van der Waals surface area (Å²) in [6.45, 7) is 6.78. The van der Waals surface area contributed by atoms with E-state index in [1.54, 1.807) is 9.80 Å². The highest BCUT2D eigenvalue weighted by molar-refractivity contribution is 5.84. The summed E-state index contributed by atoms with van der Waals surface area (Å²) < 4.78 is 0. The fourth-order valence-corrected chi connectivity index (χ4v) is 5.07. The minimum absolute atomic E-state index is 0.437. The molecule has 2 atom stereocenters. The Hall–Kier alpha value is -2.88. The van der Waals surface area contributed by atoms with Gasteiger partial charge in [-0.05, 0) is 13.0 Å². The van der Waals surface area contributed by atoms with Gasteiger partial charge in [0.1, 0.15) is 26.2 Å². The number of hydrogen-bond donors (Lipinski definition) is 3. The number of quaternary nitrogens is 2. The molecule has 146 valence electrons. The first-order valence-corrected chi connectivity index (χ1v) is 10.6. The first kappa shape index (κ1) is 18.2. The van der Waals surface area contributed by atoms with Crippen molar-refractivity contribution in [1.29, 1.82) is 0 Å². The number of aromatic nitrogens is 1. The molecule has 0 bridgehead atoms. The Morgan fingerprint density at radius 2 is 1.24 bits per heavy atom. The number of hydrogen-bond acceptors (Lipinski definition) is 0. The van der Waals surface area contributed by atoms with Gasteiger partial charge in [0.25, 0.3) is 0 Å². The molecule has 2 unspecified atom stereocenters. The summed E-state index contributed by atoms with van der Waals surface area (Å²) >= 11 is 0. The van der Waals surface area contributed by atoms with Gasteiger partial charge >= 0.3 is 0 Å². The SMILES string of the molecule is Cc1[nH]c2ccccc2c1C1[NH+](Cc2ccccc2)CC[NH+]1Cc1ccccc1. The van der Waals surface area contributed by atoms with Gasteiger partial charge in [-0.2, -0.15) is 0 Å². The van der Waals surface area contributed by atoms with Crippen LogP contribution in [-0.4, -0.2) is 18.1 Å². The molecule has 3 N–H and O–H groups in total. The average Bonchev–Trinajstić information content (AvgIpc) is 3.28. The molecule has 29 heavy (non-hydrogen) atoms. The van der Waals surface area contributed by atoms with Gasteiger partial charge in [0, 0.05) is 27.7 Å². The minimum atomic E-state index is 0.437. The van der Waals surface area contributed by atoms with Crippen LogP contribution in [0.3, 0.4) is 0 Å². The van der Waals surface area contributed by atoms with Gasteiger partial charge in [0.05, 0.1) is 5.56 Å². The van der Waals surface area contributed by atoms with Crippen LogP contribution in [0.25, 0.3) is 10.9 Å². The molecule has 5 rings (SSSR count). The third kappa shape index (κ3) is 3.59. The van der Waals surface area contributed by atoms with E-state index in [4.69, 9.17) is 0 Å². The second-order valence-electron chi connectivity index (χ2n) is 8.28. The third-order valence-corrected chi connectivity index (χ3v) is 6.36. The molecule has 4 aromatic rings. The minimum Gasteiger partial charge on any atom is -0.358 e. The number of benzene rings is 3. The van der Waals surface area contributed by atoms with Crippen molar-refractivity contribution in [3.05, 3.63) is 107 Å². The number of aromatic amines is 1. The number of H-pyrrole nitrogens is 1. The molecular formula is C26H29N3+2. The van der Waals surface area contributed by atoms with Crippen LogP contribution in [0.1, 0.15) is 28.6 Å². The van der Waals surface area contributed by atoms with Gasteiger partial charge in [-0.25, -0.2) is 0 Å². The third-order valence-electron chi connectivity index (χ3n) is 6.36. The van der Waals surface area contributed by atoms with Crippen LogP contribution in [-0.2, 0) is 13.1 Å².